The van der Waals surface area contributed by atoms with Gasteiger partial charge in [0.05, 0.1) is 0 Å². The summed E-state index contributed by atoms with van der Waals surface area (Å²) in [6.07, 6.45) is -1.92. The van der Waals surface area contributed by atoms with Crippen molar-refractivity contribution >= 4 is 23.2 Å². The minimum absolute atomic E-state index is 0.107. The Morgan fingerprint density at radius 2 is 1.89 bits per heavy atom. The SMILES string of the molecule is FC(F)(F)c1cc(NCC2(c3ccc(Cl)cc3)CCOCC2)n2ncnc2n1. The lowest BCUT2D eigenvalue weighted by Crippen LogP contribution is -2.40. The van der Waals surface area contributed by atoms with Crippen LogP contribution in [0.1, 0.15) is 24.1 Å². The first-order valence-electron chi connectivity index (χ1n) is 8.73. The van der Waals surface area contributed by atoms with Gasteiger partial charge in [-0.2, -0.15) is 27.8 Å². The number of hydrogen-bond donors (Lipinski definition) is 1. The Hall–Kier alpha value is -2.39. The molecule has 1 fully saturated rings. The van der Waals surface area contributed by atoms with Gasteiger partial charge < -0.3 is 10.1 Å². The van der Waals surface area contributed by atoms with E-state index < -0.39 is 11.9 Å². The maximum absolute atomic E-state index is 13.2. The summed E-state index contributed by atoms with van der Waals surface area (Å²) in [6, 6.07) is 8.49. The molecule has 6 nitrogen and oxygen atoms in total. The summed E-state index contributed by atoms with van der Waals surface area (Å²) in [5.74, 6) is 0.0829. The van der Waals surface area contributed by atoms with E-state index in [0.29, 0.717) is 24.8 Å². The fourth-order valence-corrected chi connectivity index (χ4v) is 3.60. The van der Waals surface area contributed by atoms with Crippen LogP contribution in [0.4, 0.5) is 19.0 Å². The second-order valence-electron chi connectivity index (χ2n) is 6.75. The topological polar surface area (TPSA) is 64.3 Å². The van der Waals surface area contributed by atoms with Gasteiger partial charge in [0, 0.05) is 36.3 Å². The molecule has 10 heteroatoms. The Morgan fingerprint density at radius 1 is 1.18 bits per heavy atom. The number of benzene rings is 1. The molecular weight excluding hydrogens is 395 g/mol. The predicted molar refractivity (Wildman–Crippen MR) is 97.5 cm³/mol. The van der Waals surface area contributed by atoms with Crippen LogP contribution in [0.3, 0.4) is 0 Å². The fraction of sp³-hybridized carbons (Fsp3) is 0.389. The van der Waals surface area contributed by atoms with Crippen LogP contribution in [0.5, 0.6) is 0 Å². The van der Waals surface area contributed by atoms with Crippen LogP contribution in [0.25, 0.3) is 5.78 Å². The Bertz CT molecular complexity index is 968. The standard InChI is InChI=1S/C18H17ClF3N5O/c19-13-3-1-12(2-4-13)17(5-7-28-8-6-17)10-23-15-9-14(18(20,21)22)26-16-24-11-25-27(15)16/h1-4,9,11,23H,5-8,10H2. The van der Waals surface area contributed by atoms with Crippen molar-refractivity contribution in [1.29, 1.82) is 0 Å². The molecule has 148 valence electrons. The van der Waals surface area contributed by atoms with E-state index in [0.717, 1.165) is 24.5 Å². The average molecular weight is 412 g/mol. The number of rotatable bonds is 4. The van der Waals surface area contributed by atoms with E-state index in [1.807, 2.05) is 24.3 Å². The zero-order chi connectivity index (χ0) is 19.8. The molecule has 0 bridgehead atoms. The number of anilines is 1. The third-order valence-electron chi connectivity index (χ3n) is 5.06. The number of alkyl halides is 3. The lowest BCUT2D eigenvalue weighted by Gasteiger charge is -2.38. The molecule has 1 aliphatic heterocycles. The lowest BCUT2D eigenvalue weighted by molar-refractivity contribution is -0.141. The van der Waals surface area contributed by atoms with Crippen molar-refractivity contribution in [2.75, 3.05) is 25.1 Å². The van der Waals surface area contributed by atoms with Gasteiger partial charge in [0.1, 0.15) is 12.1 Å². The van der Waals surface area contributed by atoms with E-state index in [2.05, 4.69) is 20.4 Å². The van der Waals surface area contributed by atoms with Crippen molar-refractivity contribution in [3.63, 3.8) is 0 Å². The van der Waals surface area contributed by atoms with Crippen molar-refractivity contribution in [2.24, 2.45) is 0 Å². The number of fused-ring (bicyclic) bond motifs is 1. The van der Waals surface area contributed by atoms with Crippen LogP contribution in [0, 0.1) is 0 Å². The van der Waals surface area contributed by atoms with Crippen LogP contribution < -0.4 is 5.32 Å². The maximum Gasteiger partial charge on any atom is 0.433 e. The second-order valence-corrected chi connectivity index (χ2v) is 7.19. The van der Waals surface area contributed by atoms with Crippen molar-refractivity contribution in [3.8, 4) is 0 Å². The van der Waals surface area contributed by atoms with Crippen LogP contribution in [0.2, 0.25) is 5.02 Å². The van der Waals surface area contributed by atoms with Gasteiger partial charge in [0.15, 0.2) is 5.69 Å². The summed E-state index contributed by atoms with van der Waals surface area (Å²) in [6.45, 7) is 1.56. The number of halogens is 4. The summed E-state index contributed by atoms with van der Waals surface area (Å²) in [7, 11) is 0. The molecular formula is C18H17ClF3N5O. The molecule has 0 aliphatic carbocycles. The first-order valence-corrected chi connectivity index (χ1v) is 9.11. The minimum Gasteiger partial charge on any atom is -0.381 e. The first-order chi connectivity index (χ1) is 13.4. The van der Waals surface area contributed by atoms with Crippen molar-refractivity contribution in [2.45, 2.75) is 24.4 Å². The quantitative estimate of drug-likeness (QED) is 0.704. The van der Waals surface area contributed by atoms with Crippen molar-refractivity contribution in [1.82, 2.24) is 19.6 Å². The highest BCUT2D eigenvalue weighted by molar-refractivity contribution is 6.30. The number of nitrogens with one attached hydrogen (secondary N) is 1. The maximum atomic E-state index is 13.2. The van der Waals surface area contributed by atoms with E-state index in [1.54, 1.807) is 0 Å². The normalized spacial score (nSPS) is 17.0. The largest absolute Gasteiger partial charge is 0.433 e. The monoisotopic (exact) mass is 411 g/mol. The molecule has 3 heterocycles. The summed E-state index contributed by atoms with van der Waals surface area (Å²) in [5, 5.41) is 7.76. The van der Waals surface area contributed by atoms with Crippen LogP contribution in [0.15, 0.2) is 36.7 Å². The third kappa shape index (κ3) is 3.64. The van der Waals surface area contributed by atoms with Gasteiger partial charge in [-0.3, -0.25) is 0 Å². The molecule has 0 atom stereocenters. The molecule has 4 rings (SSSR count). The number of hydrogen-bond acceptors (Lipinski definition) is 5. The number of ether oxygens (including phenoxy) is 1. The van der Waals surface area contributed by atoms with Gasteiger partial charge in [-0.05, 0) is 30.5 Å². The van der Waals surface area contributed by atoms with Gasteiger partial charge in [-0.25, -0.2) is 4.98 Å². The van der Waals surface area contributed by atoms with Crippen molar-refractivity contribution in [3.05, 3.63) is 52.9 Å². The van der Waals surface area contributed by atoms with Gasteiger partial charge in [0.25, 0.3) is 5.78 Å². The summed E-state index contributed by atoms with van der Waals surface area (Å²) in [5.41, 5.74) is -0.243. The average Bonchev–Trinajstić information content (AvgIpc) is 3.15. The lowest BCUT2D eigenvalue weighted by atomic mass is 9.74. The second kappa shape index (κ2) is 7.21. The third-order valence-corrected chi connectivity index (χ3v) is 5.31. The summed E-state index contributed by atoms with van der Waals surface area (Å²) in [4.78, 5) is 7.34. The van der Waals surface area contributed by atoms with E-state index in [9.17, 15) is 13.2 Å². The predicted octanol–water partition coefficient (Wildman–Crippen LogP) is 3.96. The molecule has 1 saturated heterocycles. The molecule has 2 aromatic heterocycles. The zero-order valence-corrected chi connectivity index (χ0v) is 15.5. The minimum atomic E-state index is -4.57. The molecule has 0 radical (unpaired) electrons. The molecule has 28 heavy (non-hydrogen) atoms. The molecule has 1 aromatic carbocycles. The van der Waals surface area contributed by atoms with Gasteiger partial charge in [-0.15, -0.1) is 0 Å². The van der Waals surface area contributed by atoms with E-state index >= 15 is 0 Å². The Morgan fingerprint density at radius 3 is 2.57 bits per heavy atom. The highest BCUT2D eigenvalue weighted by atomic mass is 35.5. The van der Waals surface area contributed by atoms with Gasteiger partial charge in [-0.1, -0.05) is 23.7 Å². The number of aromatic nitrogens is 4. The highest BCUT2D eigenvalue weighted by Crippen LogP contribution is 2.36. The van der Waals surface area contributed by atoms with Crippen LogP contribution in [-0.2, 0) is 16.3 Å². The van der Waals surface area contributed by atoms with Crippen LogP contribution in [-0.4, -0.2) is 39.3 Å². The van der Waals surface area contributed by atoms with Gasteiger partial charge >= 0.3 is 6.18 Å². The Labute approximate surface area is 163 Å². The molecule has 0 unspecified atom stereocenters. The molecule has 3 aromatic rings. The summed E-state index contributed by atoms with van der Waals surface area (Å²) >= 11 is 6.01. The molecule has 0 saturated carbocycles. The van der Waals surface area contributed by atoms with Crippen LogP contribution >= 0.6 is 11.6 Å². The molecule has 1 aliphatic rings. The van der Waals surface area contributed by atoms with E-state index in [4.69, 9.17) is 16.3 Å². The van der Waals surface area contributed by atoms with E-state index in [-0.39, 0.29) is 17.0 Å². The van der Waals surface area contributed by atoms with Crippen molar-refractivity contribution < 1.29 is 17.9 Å². The first kappa shape index (κ1) is 18.9. The number of nitrogens with zero attached hydrogens (tertiary/aromatic N) is 4. The van der Waals surface area contributed by atoms with E-state index in [1.165, 1.54) is 10.8 Å². The molecule has 0 amide bonds. The molecule has 1 N–H and O–H groups in total. The van der Waals surface area contributed by atoms with Gasteiger partial charge in [0.2, 0.25) is 0 Å². The smallest absolute Gasteiger partial charge is 0.381 e. The highest BCUT2D eigenvalue weighted by Gasteiger charge is 2.36. The Balaban J connectivity index is 1.68. The molecule has 0 spiro atoms. The fourth-order valence-electron chi connectivity index (χ4n) is 3.48. The zero-order valence-electron chi connectivity index (χ0n) is 14.7. The Kier molecular flexibility index (Phi) is 4.88. The summed E-state index contributed by atoms with van der Waals surface area (Å²) < 4.78 is 46.4.